The third-order valence-electron chi connectivity index (χ3n) is 2.21. The van der Waals surface area contributed by atoms with Crippen molar-refractivity contribution in [2.24, 2.45) is 5.73 Å². The van der Waals surface area contributed by atoms with Crippen LogP contribution in [-0.4, -0.2) is 8.42 Å². The van der Waals surface area contributed by atoms with Crippen LogP contribution in [0.1, 0.15) is 5.56 Å². The Kier molecular flexibility index (Phi) is 2.04. The van der Waals surface area contributed by atoms with Gasteiger partial charge in [-0.25, -0.2) is 8.42 Å². The molecule has 0 spiro atoms. The van der Waals surface area contributed by atoms with Crippen LogP contribution in [0, 0.1) is 0 Å². The molecule has 0 amide bonds. The summed E-state index contributed by atoms with van der Waals surface area (Å²) in [7, 11) is -3.39. The molecule has 1 aliphatic heterocycles. The number of benzene rings is 1. The van der Waals surface area contributed by atoms with E-state index in [0.717, 1.165) is 11.0 Å². The van der Waals surface area contributed by atoms with E-state index in [-0.39, 0.29) is 5.03 Å². The summed E-state index contributed by atoms with van der Waals surface area (Å²) < 4.78 is 22.6. The Hall–Kier alpha value is -1.75. The highest BCUT2D eigenvalue weighted by molar-refractivity contribution is 7.98. The molecule has 5 heteroatoms. The Labute approximate surface area is 87.8 Å². The average Bonchev–Trinajstić information content (AvgIpc) is 2.45. The van der Waals surface area contributed by atoms with Crippen molar-refractivity contribution in [1.29, 1.82) is 0 Å². The predicted octanol–water partition coefficient (Wildman–Crippen LogP) is 0.838. The summed E-state index contributed by atoms with van der Waals surface area (Å²) in [6, 6.07) is 6.88. The number of nitrogens with two attached hydrogens (primary N) is 2. The lowest BCUT2D eigenvalue weighted by atomic mass is 10.1. The van der Waals surface area contributed by atoms with E-state index in [9.17, 15) is 8.42 Å². The Morgan fingerprint density at radius 1 is 1.00 bits per heavy atom. The first-order valence-corrected chi connectivity index (χ1v) is 5.84. The van der Waals surface area contributed by atoms with Gasteiger partial charge in [0, 0.05) is 16.7 Å². The highest BCUT2D eigenvalue weighted by Crippen LogP contribution is 2.27. The lowest BCUT2D eigenvalue weighted by Crippen LogP contribution is -2.07. The SMILES string of the molecule is NC1=C(c2ccc(N)cc2)C=CS1(=O)=O. The molecule has 4 nitrogen and oxygen atoms in total. The van der Waals surface area contributed by atoms with Gasteiger partial charge < -0.3 is 11.5 Å². The molecule has 0 unspecified atom stereocenters. The lowest BCUT2D eigenvalue weighted by molar-refractivity contribution is 0.610. The minimum atomic E-state index is -3.39. The number of rotatable bonds is 1. The van der Waals surface area contributed by atoms with Gasteiger partial charge in [0.25, 0.3) is 0 Å². The molecule has 0 saturated carbocycles. The third kappa shape index (κ3) is 1.61. The van der Waals surface area contributed by atoms with Crippen molar-refractivity contribution < 1.29 is 8.42 Å². The molecule has 0 aromatic heterocycles. The summed E-state index contributed by atoms with van der Waals surface area (Å²) in [6.07, 6.45) is 1.50. The second kappa shape index (κ2) is 3.13. The van der Waals surface area contributed by atoms with Crippen LogP contribution in [0.15, 0.2) is 40.8 Å². The maximum absolute atomic E-state index is 11.3. The fourth-order valence-corrected chi connectivity index (χ4v) is 2.32. The minimum Gasteiger partial charge on any atom is -0.399 e. The Morgan fingerprint density at radius 2 is 1.60 bits per heavy atom. The van der Waals surface area contributed by atoms with Gasteiger partial charge in [-0.2, -0.15) is 0 Å². The standard InChI is InChI=1S/C10H10N2O2S/c11-8-3-1-7(2-4-8)9-5-6-15(13,14)10(9)12/h1-6H,11-12H2. The van der Waals surface area contributed by atoms with Crippen LogP contribution in [0.3, 0.4) is 0 Å². The monoisotopic (exact) mass is 222 g/mol. The zero-order chi connectivity index (χ0) is 11.1. The first-order valence-electron chi connectivity index (χ1n) is 4.29. The molecule has 1 aliphatic rings. The summed E-state index contributed by atoms with van der Waals surface area (Å²) in [5.41, 5.74) is 13.0. The minimum absolute atomic E-state index is 0.104. The maximum atomic E-state index is 11.3. The second-order valence-corrected chi connectivity index (χ2v) is 5.05. The van der Waals surface area contributed by atoms with Crippen LogP contribution in [0.25, 0.3) is 5.57 Å². The van der Waals surface area contributed by atoms with Gasteiger partial charge >= 0.3 is 0 Å². The normalized spacial score (nSPS) is 18.4. The van der Waals surface area contributed by atoms with Crippen molar-refractivity contribution in [2.75, 3.05) is 5.73 Å². The van der Waals surface area contributed by atoms with Crippen molar-refractivity contribution in [3.05, 3.63) is 46.3 Å². The summed E-state index contributed by atoms with van der Waals surface area (Å²) >= 11 is 0. The number of anilines is 1. The van der Waals surface area contributed by atoms with Crippen LogP contribution in [-0.2, 0) is 9.84 Å². The maximum Gasteiger partial charge on any atom is 0.215 e. The number of hydrogen-bond acceptors (Lipinski definition) is 4. The van der Waals surface area contributed by atoms with Crippen LogP contribution in [0.2, 0.25) is 0 Å². The molecule has 0 bridgehead atoms. The first-order chi connectivity index (χ1) is 7.00. The molecular formula is C10H10N2O2S. The summed E-state index contributed by atoms with van der Waals surface area (Å²) in [5, 5.41) is 1.00. The van der Waals surface area contributed by atoms with Gasteiger partial charge in [0.1, 0.15) is 5.03 Å². The van der Waals surface area contributed by atoms with Gasteiger partial charge in [0.2, 0.25) is 9.84 Å². The van der Waals surface area contributed by atoms with Gasteiger partial charge in [0.15, 0.2) is 0 Å². The number of sulfone groups is 1. The molecule has 0 saturated heterocycles. The molecule has 1 heterocycles. The van der Waals surface area contributed by atoms with Crippen LogP contribution >= 0.6 is 0 Å². The molecular weight excluding hydrogens is 212 g/mol. The Balaban J connectivity index is 2.55. The molecule has 0 radical (unpaired) electrons. The fourth-order valence-electron chi connectivity index (χ4n) is 1.37. The molecule has 0 atom stereocenters. The van der Waals surface area contributed by atoms with Gasteiger partial charge in [-0.15, -0.1) is 0 Å². The van der Waals surface area contributed by atoms with E-state index >= 15 is 0 Å². The number of allylic oxidation sites excluding steroid dienone is 2. The predicted molar refractivity (Wildman–Crippen MR) is 60.0 cm³/mol. The molecule has 1 aromatic carbocycles. The average molecular weight is 222 g/mol. The van der Waals surface area contributed by atoms with Crippen molar-refractivity contribution in [2.45, 2.75) is 0 Å². The third-order valence-corrected chi connectivity index (χ3v) is 3.53. The topological polar surface area (TPSA) is 86.2 Å². The van der Waals surface area contributed by atoms with E-state index in [1.165, 1.54) is 6.08 Å². The van der Waals surface area contributed by atoms with Gasteiger partial charge in [-0.3, -0.25) is 0 Å². The van der Waals surface area contributed by atoms with E-state index in [0.29, 0.717) is 11.3 Å². The highest BCUT2D eigenvalue weighted by Gasteiger charge is 2.21. The zero-order valence-electron chi connectivity index (χ0n) is 7.84. The largest absolute Gasteiger partial charge is 0.399 e. The Bertz CT molecular complexity index is 554. The first kappa shape index (κ1) is 9.79. The quantitative estimate of drug-likeness (QED) is 0.689. The molecule has 1 aromatic rings. The molecule has 0 fully saturated rings. The summed E-state index contributed by atoms with van der Waals surface area (Å²) in [6.45, 7) is 0. The number of nitrogen functional groups attached to an aromatic ring is 1. The van der Waals surface area contributed by atoms with Gasteiger partial charge in [0.05, 0.1) is 0 Å². The number of hydrogen-bond donors (Lipinski definition) is 2. The van der Waals surface area contributed by atoms with Crippen molar-refractivity contribution >= 4 is 21.1 Å². The van der Waals surface area contributed by atoms with Crippen molar-refractivity contribution in [1.82, 2.24) is 0 Å². The Morgan fingerprint density at radius 3 is 2.07 bits per heavy atom. The van der Waals surface area contributed by atoms with E-state index < -0.39 is 9.84 Å². The molecule has 78 valence electrons. The van der Waals surface area contributed by atoms with Crippen molar-refractivity contribution in [3.8, 4) is 0 Å². The zero-order valence-corrected chi connectivity index (χ0v) is 8.66. The van der Waals surface area contributed by atoms with E-state index in [1.54, 1.807) is 24.3 Å². The van der Waals surface area contributed by atoms with Crippen molar-refractivity contribution in [3.63, 3.8) is 0 Å². The molecule has 4 N–H and O–H groups in total. The molecule has 15 heavy (non-hydrogen) atoms. The van der Waals surface area contributed by atoms with Crippen LogP contribution in [0.4, 0.5) is 5.69 Å². The van der Waals surface area contributed by atoms with E-state index in [1.807, 2.05) is 0 Å². The van der Waals surface area contributed by atoms with Gasteiger partial charge in [-0.1, -0.05) is 12.1 Å². The summed E-state index contributed by atoms with van der Waals surface area (Å²) in [5.74, 6) is 0. The molecule has 0 aliphatic carbocycles. The lowest BCUT2D eigenvalue weighted by Gasteiger charge is -2.02. The van der Waals surface area contributed by atoms with Crippen LogP contribution in [0.5, 0.6) is 0 Å². The van der Waals surface area contributed by atoms with E-state index in [2.05, 4.69) is 0 Å². The fraction of sp³-hybridized carbons (Fsp3) is 0. The molecule has 2 rings (SSSR count). The summed E-state index contributed by atoms with van der Waals surface area (Å²) in [4.78, 5) is 0. The smallest absolute Gasteiger partial charge is 0.215 e. The van der Waals surface area contributed by atoms with Crippen LogP contribution < -0.4 is 11.5 Å². The van der Waals surface area contributed by atoms with Gasteiger partial charge in [-0.05, 0) is 23.8 Å². The second-order valence-electron chi connectivity index (χ2n) is 3.25. The highest BCUT2D eigenvalue weighted by atomic mass is 32.2. The van der Waals surface area contributed by atoms with E-state index in [4.69, 9.17) is 11.5 Å².